The Morgan fingerprint density at radius 2 is 1.86 bits per heavy atom. The molecule has 2 aromatic heterocycles. The Bertz CT molecular complexity index is 1460. The SMILES string of the molecule is CCCN1CCN(S(=O)(=O)c2cnn(C)c2)C[C@@H]1c1cc2cnn(-c3ccc(F)cc3)c2cc1C. The second-order valence-electron chi connectivity index (χ2n) is 9.06. The summed E-state index contributed by atoms with van der Waals surface area (Å²) in [5, 5.41) is 9.55. The van der Waals surface area contributed by atoms with Crippen LogP contribution >= 0.6 is 0 Å². The van der Waals surface area contributed by atoms with E-state index in [1.165, 1.54) is 23.0 Å². The quantitative estimate of drug-likeness (QED) is 0.407. The molecule has 0 saturated carbocycles. The van der Waals surface area contributed by atoms with E-state index in [0.29, 0.717) is 19.6 Å². The smallest absolute Gasteiger partial charge is 0.246 e. The van der Waals surface area contributed by atoms with Gasteiger partial charge in [0.2, 0.25) is 10.0 Å². The number of aromatic nitrogens is 4. The van der Waals surface area contributed by atoms with Crippen molar-refractivity contribution in [1.82, 2.24) is 28.8 Å². The summed E-state index contributed by atoms with van der Waals surface area (Å²) in [5.74, 6) is -0.289. The molecule has 1 atom stereocenters. The molecule has 1 aliphatic rings. The van der Waals surface area contributed by atoms with E-state index in [4.69, 9.17) is 0 Å². The number of rotatable bonds is 6. The second-order valence-corrected chi connectivity index (χ2v) is 11.0. The monoisotopic (exact) mass is 496 g/mol. The Balaban J connectivity index is 1.52. The van der Waals surface area contributed by atoms with Crippen LogP contribution in [-0.2, 0) is 17.1 Å². The maximum atomic E-state index is 13.4. The van der Waals surface area contributed by atoms with Gasteiger partial charge in [-0.25, -0.2) is 17.5 Å². The summed E-state index contributed by atoms with van der Waals surface area (Å²) in [6.45, 7) is 6.54. The first-order chi connectivity index (χ1) is 16.8. The Morgan fingerprint density at radius 3 is 2.54 bits per heavy atom. The lowest BCUT2D eigenvalue weighted by Crippen LogP contribution is -2.50. The highest BCUT2D eigenvalue weighted by atomic mass is 32.2. The minimum absolute atomic E-state index is 0.0753. The normalized spacial score (nSPS) is 17.9. The molecule has 1 saturated heterocycles. The summed E-state index contributed by atoms with van der Waals surface area (Å²) in [4.78, 5) is 2.59. The van der Waals surface area contributed by atoms with E-state index in [1.807, 2.05) is 0 Å². The van der Waals surface area contributed by atoms with Crippen molar-refractivity contribution in [2.24, 2.45) is 7.05 Å². The van der Waals surface area contributed by atoms with E-state index < -0.39 is 10.0 Å². The van der Waals surface area contributed by atoms with Crippen molar-refractivity contribution in [3.05, 3.63) is 71.9 Å². The average molecular weight is 497 g/mol. The highest BCUT2D eigenvalue weighted by molar-refractivity contribution is 7.89. The number of benzene rings is 2. The van der Waals surface area contributed by atoms with Gasteiger partial charge in [0.25, 0.3) is 0 Å². The minimum Gasteiger partial charge on any atom is -0.294 e. The molecule has 2 aromatic carbocycles. The lowest BCUT2D eigenvalue weighted by Gasteiger charge is -2.41. The van der Waals surface area contributed by atoms with Crippen molar-refractivity contribution in [1.29, 1.82) is 0 Å². The fourth-order valence-electron chi connectivity index (χ4n) is 4.89. The lowest BCUT2D eigenvalue weighted by molar-refractivity contribution is 0.118. The zero-order valence-electron chi connectivity index (χ0n) is 20.1. The molecule has 184 valence electrons. The van der Waals surface area contributed by atoms with Gasteiger partial charge in [0.15, 0.2) is 0 Å². The summed E-state index contributed by atoms with van der Waals surface area (Å²) in [5.41, 5.74) is 3.87. The zero-order chi connectivity index (χ0) is 24.7. The number of piperazine rings is 1. The third kappa shape index (κ3) is 4.37. The predicted molar refractivity (Wildman–Crippen MR) is 132 cm³/mol. The lowest BCUT2D eigenvalue weighted by atomic mass is 9.96. The molecule has 0 unspecified atom stereocenters. The molecule has 35 heavy (non-hydrogen) atoms. The molecule has 0 N–H and O–H groups in total. The number of halogens is 1. The molecule has 0 spiro atoms. The molecule has 0 bridgehead atoms. The Kier molecular flexibility index (Phi) is 6.20. The first kappa shape index (κ1) is 23.7. The molecule has 0 radical (unpaired) electrons. The number of sulfonamides is 1. The van der Waals surface area contributed by atoms with Gasteiger partial charge in [-0.1, -0.05) is 6.92 Å². The fraction of sp³-hybridized carbons (Fsp3) is 0.360. The molecule has 1 fully saturated rings. The van der Waals surface area contributed by atoms with Crippen molar-refractivity contribution in [3.63, 3.8) is 0 Å². The summed E-state index contributed by atoms with van der Waals surface area (Å²) in [7, 11) is -1.92. The third-order valence-corrected chi connectivity index (χ3v) is 8.49. The van der Waals surface area contributed by atoms with Crippen LogP contribution in [0.1, 0.15) is 30.5 Å². The van der Waals surface area contributed by atoms with E-state index in [1.54, 1.807) is 40.6 Å². The molecule has 10 heteroatoms. The standard InChI is InChI=1S/C25H29FN6O2S/c1-4-9-30-10-11-31(35(33,34)22-15-27-29(3)16-22)17-25(30)23-13-19-14-28-32(24(19)12-18(23)2)21-7-5-20(26)6-8-21/h5-8,12-16,25H,4,9-11,17H2,1-3H3/t25-/m1/s1. The van der Waals surface area contributed by atoms with E-state index in [2.05, 4.69) is 41.1 Å². The topological polar surface area (TPSA) is 76.3 Å². The summed E-state index contributed by atoms with van der Waals surface area (Å²) < 4.78 is 45.0. The first-order valence-corrected chi connectivity index (χ1v) is 13.2. The van der Waals surface area contributed by atoms with Crippen molar-refractivity contribution >= 4 is 20.9 Å². The van der Waals surface area contributed by atoms with Gasteiger partial charge in [-0.05, 0) is 67.4 Å². The molecule has 3 heterocycles. The molecule has 4 aromatic rings. The van der Waals surface area contributed by atoms with Gasteiger partial charge in [0, 0.05) is 44.3 Å². The molecule has 0 aliphatic carbocycles. The van der Waals surface area contributed by atoms with Gasteiger partial charge in [-0.3, -0.25) is 9.58 Å². The Hall–Kier alpha value is -3.08. The van der Waals surface area contributed by atoms with Crippen LogP contribution in [0.2, 0.25) is 0 Å². The van der Waals surface area contributed by atoms with E-state index >= 15 is 0 Å². The molecule has 1 aliphatic heterocycles. The van der Waals surface area contributed by atoms with Crippen LogP contribution in [0.4, 0.5) is 4.39 Å². The largest absolute Gasteiger partial charge is 0.294 e. The van der Waals surface area contributed by atoms with Crippen molar-refractivity contribution in [3.8, 4) is 5.69 Å². The van der Waals surface area contributed by atoms with Crippen LogP contribution in [0.15, 0.2) is 59.9 Å². The minimum atomic E-state index is -3.64. The maximum Gasteiger partial charge on any atom is 0.246 e. The highest BCUT2D eigenvalue weighted by Gasteiger charge is 2.36. The third-order valence-electron chi connectivity index (χ3n) is 6.67. The molecular weight excluding hydrogens is 467 g/mol. The summed E-state index contributed by atoms with van der Waals surface area (Å²) in [6, 6.07) is 10.4. The molecule has 5 rings (SSSR count). The zero-order valence-corrected chi connectivity index (χ0v) is 20.9. The number of fused-ring (bicyclic) bond motifs is 1. The molecule has 0 amide bonds. The summed E-state index contributed by atoms with van der Waals surface area (Å²) in [6.07, 6.45) is 5.74. The van der Waals surface area contributed by atoms with Crippen molar-refractivity contribution in [2.75, 3.05) is 26.2 Å². The van der Waals surface area contributed by atoms with Gasteiger partial charge >= 0.3 is 0 Å². The Morgan fingerprint density at radius 1 is 1.09 bits per heavy atom. The van der Waals surface area contributed by atoms with Gasteiger partial charge in [0.1, 0.15) is 10.7 Å². The van der Waals surface area contributed by atoms with Gasteiger partial charge < -0.3 is 0 Å². The van der Waals surface area contributed by atoms with Crippen molar-refractivity contribution in [2.45, 2.75) is 31.2 Å². The first-order valence-electron chi connectivity index (χ1n) is 11.7. The Labute approximate surface area is 204 Å². The van der Waals surface area contributed by atoms with Crippen LogP contribution in [0.5, 0.6) is 0 Å². The van der Waals surface area contributed by atoms with Crippen LogP contribution in [0.3, 0.4) is 0 Å². The number of aryl methyl sites for hydroxylation is 2. The number of hydrogen-bond donors (Lipinski definition) is 0. The predicted octanol–water partition coefficient (Wildman–Crippen LogP) is 3.66. The van der Waals surface area contributed by atoms with Crippen molar-refractivity contribution < 1.29 is 12.8 Å². The number of nitrogens with zero attached hydrogens (tertiary/aromatic N) is 6. The highest BCUT2D eigenvalue weighted by Crippen LogP contribution is 2.33. The van der Waals surface area contributed by atoms with E-state index in [0.717, 1.165) is 40.7 Å². The average Bonchev–Trinajstić information content (AvgIpc) is 3.46. The van der Waals surface area contributed by atoms with Crippen LogP contribution in [-0.4, -0.2) is 63.4 Å². The van der Waals surface area contributed by atoms with Crippen LogP contribution < -0.4 is 0 Å². The second kappa shape index (κ2) is 9.18. The fourth-order valence-corrected chi connectivity index (χ4v) is 6.31. The van der Waals surface area contributed by atoms with Crippen LogP contribution in [0.25, 0.3) is 16.6 Å². The summed E-state index contributed by atoms with van der Waals surface area (Å²) >= 11 is 0. The number of hydrogen-bond acceptors (Lipinski definition) is 5. The van der Waals surface area contributed by atoms with Crippen LogP contribution in [0, 0.1) is 12.7 Å². The maximum absolute atomic E-state index is 13.4. The van der Waals surface area contributed by atoms with E-state index in [-0.39, 0.29) is 16.8 Å². The van der Waals surface area contributed by atoms with Gasteiger partial charge in [0.05, 0.1) is 23.6 Å². The van der Waals surface area contributed by atoms with E-state index in [9.17, 15) is 12.8 Å². The molecular formula is C25H29FN6O2S. The molecule has 8 nitrogen and oxygen atoms in total. The van der Waals surface area contributed by atoms with Gasteiger partial charge in [-0.2, -0.15) is 14.5 Å². The van der Waals surface area contributed by atoms with Gasteiger partial charge in [-0.15, -0.1) is 0 Å².